The van der Waals surface area contributed by atoms with Crippen molar-refractivity contribution in [2.45, 2.75) is 19.3 Å². The number of halogens is 1. The van der Waals surface area contributed by atoms with Crippen LogP contribution in [0.3, 0.4) is 0 Å². The molecular weight excluding hydrogens is 238 g/mol. The van der Waals surface area contributed by atoms with Gasteiger partial charge in [0.05, 0.1) is 0 Å². The van der Waals surface area contributed by atoms with E-state index in [1.54, 1.807) is 0 Å². The van der Waals surface area contributed by atoms with Crippen molar-refractivity contribution in [1.82, 2.24) is 15.0 Å². The van der Waals surface area contributed by atoms with E-state index in [0.29, 0.717) is 11.9 Å². The lowest BCUT2D eigenvalue weighted by Crippen LogP contribution is -2.31. The van der Waals surface area contributed by atoms with E-state index in [4.69, 9.17) is 11.6 Å². The van der Waals surface area contributed by atoms with Crippen molar-refractivity contribution in [3.8, 4) is 0 Å². The van der Waals surface area contributed by atoms with Crippen LogP contribution in [0.1, 0.15) is 19.3 Å². The summed E-state index contributed by atoms with van der Waals surface area (Å²) >= 11 is 5.91. The van der Waals surface area contributed by atoms with Gasteiger partial charge in [-0.1, -0.05) is 6.42 Å². The van der Waals surface area contributed by atoms with Crippen LogP contribution in [0.4, 0.5) is 11.9 Å². The Morgan fingerprint density at radius 2 is 1.76 bits per heavy atom. The molecule has 0 unspecified atom stereocenters. The van der Waals surface area contributed by atoms with E-state index in [1.807, 2.05) is 26.0 Å². The molecule has 1 aromatic rings. The quantitative estimate of drug-likeness (QED) is 0.821. The topological polar surface area (TPSA) is 45.2 Å². The Balaban J connectivity index is 2.12. The lowest BCUT2D eigenvalue weighted by atomic mass is 9.85. The Hall–Kier alpha value is -1.10. The Morgan fingerprint density at radius 3 is 2.29 bits per heavy atom. The molecule has 1 aromatic heterocycles. The molecule has 0 aliphatic heterocycles. The van der Waals surface area contributed by atoms with E-state index in [9.17, 15) is 0 Å². The lowest BCUT2D eigenvalue weighted by molar-refractivity contribution is 0.320. The average molecular weight is 256 g/mol. The minimum atomic E-state index is 0.249. The Kier molecular flexibility index (Phi) is 3.66. The van der Waals surface area contributed by atoms with Gasteiger partial charge in [0, 0.05) is 27.7 Å². The maximum atomic E-state index is 5.91. The molecule has 0 bridgehead atoms. The van der Waals surface area contributed by atoms with E-state index < -0.39 is 0 Å². The third-order valence-electron chi connectivity index (χ3n) is 3.08. The number of anilines is 2. The number of hydrogen-bond acceptors (Lipinski definition) is 5. The van der Waals surface area contributed by atoms with Gasteiger partial charge in [-0.05, 0) is 30.4 Å². The van der Waals surface area contributed by atoms with E-state index in [0.717, 1.165) is 12.5 Å². The highest BCUT2D eigenvalue weighted by Gasteiger charge is 2.21. The second-order valence-corrected chi connectivity index (χ2v) is 5.11. The summed E-state index contributed by atoms with van der Waals surface area (Å²) < 4.78 is 0. The fraction of sp³-hybridized carbons (Fsp3) is 0.727. The van der Waals surface area contributed by atoms with Gasteiger partial charge in [-0.3, -0.25) is 0 Å². The fourth-order valence-electron chi connectivity index (χ4n) is 1.84. The number of aromatic nitrogens is 3. The van der Waals surface area contributed by atoms with Gasteiger partial charge in [0.15, 0.2) is 0 Å². The summed E-state index contributed by atoms with van der Waals surface area (Å²) in [5, 5.41) is 0.249. The van der Waals surface area contributed by atoms with Crippen LogP contribution in [0.15, 0.2) is 0 Å². The summed E-state index contributed by atoms with van der Waals surface area (Å²) in [7, 11) is 5.78. The van der Waals surface area contributed by atoms with Crippen molar-refractivity contribution in [2.24, 2.45) is 5.92 Å². The highest BCUT2D eigenvalue weighted by atomic mass is 35.5. The maximum absolute atomic E-state index is 5.91. The van der Waals surface area contributed by atoms with Gasteiger partial charge in [0.2, 0.25) is 17.2 Å². The van der Waals surface area contributed by atoms with Crippen LogP contribution >= 0.6 is 11.6 Å². The third kappa shape index (κ3) is 2.97. The van der Waals surface area contributed by atoms with Crippen LogP contribution in [0.2, 0.25) is 5.28 Å². The molecule has 1 fully saturated rings. The molecule has 5 nitrogen and oxygen atoms in total. The molecule has 0 radical (unpaired) electrons. The molecule has 1 aliphatic carbocycles. The lowest BCUT2D eigenvalue weighted by Gasteiger charge is -2.30. The second-order valence-electron chi connectivity index (χ2n) is 4.78. The first-order valence-electron chi connectivity index (χ1n) is 5.86. The number of nitrogens with zero attached hydrogens (tertiary/aromatic N) is 5. The van der Waals surface area contributed by atoms with Gasteiger partial charge in [0.1, 0.15) is 0 Å². The average Bonchev–Trinajstić information content (AvgIpc) is 2.22. The molecule has 0 atom stereocenters. The van der Waals surface area contributed by atoms with E-state index in [2.05, 4.69) is 19.9 Å². The zero-order chi connectivity index (χ0) is 12.4. The van der Waals surface area contributed by atoms with E-state index in [-0.39, 0.29) is 5.28 Å². The van der Waals surface area contributed by atoms with Crippen molar-refractivity contribution in [1.29, 1.82) is 0 Å². The van der Waals surface area contributed by atoms with Crippen LogP contribution in [-0.4, -0.2) is 42.6 Å². The Labute approximate surface area is 107 Å². The molecule has 0 amide bonds. The molecule has 0 N–H and O–H groups in total. The number of rotatable bonds is 4. The molecule has 1 heterocycles. The minimum Gasteiger partial charge on any atom is -0.347 e. The van der Waals surface area contributed by atoms with Crippen LogP contribution in [0.25, 0.3) is 0 Å². The maximum Gasteiger partial charge on any atom is 0.231 e. The normalized spacial score (nSPS) is 15.5. The molecule has 0 spiro atoms. The highest BCUT2D eigenvalue weighted by Crippen LogP contribution is 2.27. The van der Waals surface area contributed by atoms with Crippen molar-refractivity contribution < 1.29 is 0 Å². The standard InChI is InChI=1S/C11H18ClN5/c1-16(2)10-13-9(12)14-11(15-10)17(3)7-8-5-4-6-8/h8H,4-7H2,1-3H3. The van der Waals surface area contributed by atoms with Crippen LogP contribution in [-0.2, 0) is 0 Å². The second kappa shape index (κ2) is 5.04. The summed E-state index contributed by atoms with van der Waals surface area (Å²) in [6.45, 7) is 0.993. The van der Waals surface area contributed by atoms with Gasteiger partial charge in [0.25, 0.3) is 0 Å². The molecule has 6 heteroatoms. The molecule has 94 valence electrons. The molecule has 0 saturated heterocycles. The summed E-state index contributed by atoms with van der Waals surface area (Å²) in [6.07, 6.45) is 3.97. The molecular formula is C11H18ClN5. The predicted molar refractivity (Wildman–Crippen MR) is 69.8 cm³/mol. The van der Waals surface area contributed by atoms with Crippen LogP contribution < -0.4 is 9.80 Å². The summed E-state index contributed by atoms with van der Waals surface area (Å²) in [4.78, 5) is 16.5. The van der Waals surface area contributed by atoms with Gasteiger partial charge >= 0.3 is 0 Å². The van der Waals surface area contributed by atoms with Crippen LogP contribution in [0.5, 0.6) is 0 Å². The summed E-state index contributed by atoms with van der Waals surface area (Å²) in [6, 6.07) is 0. The molecule has 2 rings (SSSR count). The van der Waals surface area contributed by atoms with Crippen molar-refractivity contribution in [3.05, 3.63) is 5.28 Å². The number of hydrogen-bond donors (Lipinski definition) is 0. The fourth-order valence-corrected chi connectivity index (χ4v) is 2.00. The molecule has 1 aliphatic rings. The minimum absolute atomic E-state index is 0.249. The largest absolute Gasteiger partial charge is 0.347 e. The first kappa shape index (κ1) is 12.4. The van der Waals surface area contributed by atoms with Gasteiger partial charge < -0.3 is 9.80 Å². The molecule has 0 aromatic carbocycles. The zero-order valence-electron chi connectivity index (χ0n) is 10.5. The zero-order valence-corrected chi connectivity index (χ0v) is 11.3. The first-order chi connectivity index (χ1) is 8.06. The Bertz CT molecular complexity index is 391. The summed E-state index contributed by atoms with van der Waals surface area (Å²) in [5.74, 6) is 2.03. The van der Waals surface area contributed by atoms with Gasteiger partial charge in [-0.2, -0.15) is 15.0 Å². The molecule has 17 heavy (non-hydrogen) atoms. The van der Waals surface area contributed by atoms with E-state index in [1.165, 1.54) is 19.3 Å². The predicted octanol–water partition coefficient (Wildman–Crippen LogP) is 1.83. The van der Waals surface area contributed by atoms with Gasteiger partial charge in [-0.15, -0.1) is 0 Å². The highest BCUT2D eigenvalue weighted by molar-refractivity contribution is 6.28. The third-order valence-corrected chi connectivity index (χ3v) is 3.25. The smallest absolute Gasteiger partial charge is 0.231 e. The monoisotopic (exact) mass is 255 g/mol. The van der Waals surface area contributed by atoms with Crippen LogP contribution in [0, 0.1) is 5.92 Å². The Morgan fingerprint density at radius 1 is 1.12 bits per heavy atom. The van der Waals surface area contributed by atoms with E-state index >= 15 is 0 Å². The molecule has 1 saturated carbocycles. The van der Waals surface area contributed by atoms with Crippen molar-refractivity contribution >= 4 is 23.5 Å². The van der Waals surface area contributed by atoms with Crippen molar-refractivity contribution in [3.63, 3.8) is 0 Å². The van der Waals surface area contributed by atoms with Crippen molar-refractivity contribution in [2.75, 3.05) is 37.5 Å². The van der Waals surface area contributed by atoms with Gasteiger partial charge in [-0.25, -0.2) is 0 Å². The SMILES string of the molecule is CN(C)c1nc(Cl)nc(N(C)CC2CCC2)n1. The summed E-state index contributed by atoms with van der Waals surface area (Å²) in [5.41, 5.74) is 0. The first-order valence-corrected chi connectivity index (χ1v) is 6.24.